The maximum Gasteiger partial charge on any atom is 0.0541 e. The molecular formula is C47H42N2. The molecule has 2 aliphatic rings. The fourth-order valence-corrected chi connectivity index (χ4v) is 7.53. The van der Waals surface area contributed by atoms with E-state index in [1.807, 2.05) is 0 Å². The van der Waals surface area contributed by atoms with Crippen LogP contribution < -0.4 is 0 Å². The molecule has 49 heavy (non-hydrogen) atoms. The van der Waals surface area contributed by atoms with Crippen LogP contribution in [-0.2, 0) is 6.42 Å². The van der Waals surface area contributed by atoms with E-state index < -0.39 is 0 Å². The van der Waals surface area contributed by atoms with E-state index in [0.29, 0.717) is 11.8 Å². The van der Waals surface area contributed by atoms with Gasteiger partial charge in [-0.15, -0.1) is 0 Å². The van der Waals surface area contributed by atoms with Gasteiger partial charge < -0.3 is 9.98 Å². The zero-order valence-electron chi connectivity index (χ0n) is 28.3. The standard InChI is InChI=1S/C38H29N.C8H10.CH3N/c1-2-14-31-29(12-1)30-13-3-4-15-32(30)36-25-27(22-23-33(31)36)21-20-26-10-9-11-28(24-26)39-37-18-7-5-16-34(37)35-17-6-8-19-38(35)39;1-7-3-5-8(2)6-4-7;1-2/h1-19,22-25,33,36H,20-21H2;3-6H,1-2H3;2H,1H2. The first-order valence-corrected chi connectivity index (χ1v) is 17.2. The second kappa shape index (κ2) is 14.2. The van der Waals surface area contributed by atoms with Crippen LogP contribution in [0.3, 0.4) is 0 Å². The molecule has 7 aromatic rings. The van der Waals surface area contributed by atoms with Crippen molar-refractivity contribution in [2.45, 2.75) is 38.5 Å². The van der Waals surface area contributed by atoms with Crippen LogP contribution in [0.15, 0.2) is 169 Å². The van der Waals surface area contributed by atoms with Gasteiger partial charge in [0.1, 0.15) is 0 Å². The van der Waals surface area contributed by atoms with E-state index >= 15 is 0 Å². The van der Waals surface area contributed by atoms with E-state index in [-0.39, 0.29) is 0 Å². The summed E-state index contributed by atoms with van der Waals surface area (Å²) < 4.78 is 2.41. The molecule has 2 aliphatic carbocycles. The van der Waals surface area contributed by atoms with Gasteiger partial charge in [0.05, 0.1) is 11.0 Å². The number of aryl methyl sites for hydroxylation is 3. The Morgan fingerprint density at radius 1 is 0.551 bits per heavy atom. The van der Waals surface area contributed by atoms with E-state index in [9.17, 15) is 0 Å². The third-order valence-corrected chi connectivity index (χ3v) is 9.90. The Hall–Kier alpha value is -5.73. The second-order valence-electron chi connectivity index (χ2n) is 13.0. The number of nitrogens with zero attached hydrogens (tertiary/aromatic N) is 1. The highest BCUT2D eigenvalue weighted by Crippen LogP contribution is 2.50. The first-order valence-electron chi connectivity index (χ1n) is 17.2. The lowest BCUT2D eigenvalue weighted by atomic mass is 9.69. The highest BCUT2D eigenvalue weighted by Gasteiger charge is 2.32. The highest BCUT2D eigenvalue weighted by atomic mass is 15.0. The number of aromatic nitrogens is 1. The SMILES string of the molecule is C1=CC2c3ccccc3-c3ccccc3C2C=C1CCc1cccc(-n2c3ccccc3c3ccccc32)c1.C=N.Cc1ccc(C)cc1. The predicted octanol–water partition coefficient (Wildman–Crippen LogP) is 12.3. The first kappa shape index (κ1) is 31.8. The van der Waals surface area contributed by atoms with Crippen LogP contribution in [-0.4, -0.2) is 11.3 Å². The van der Waals surface area contributed by atoms with E-state index in [1.165, 1.54) is 72.0 Å². The van der Waals surface area contributed by atoms with Crippen molar-refractivity contribution in [1.29, 1.82) is 5.41 Å². The maximum absolute atomic E-state index is 5.50. The van der Waals surface area contributed by atoms with Crippen molar-refractivity contribution >= 4 is 28.5 Å². The average Bonchev–Trinajstić information content (AvgIpc) is 3.51. The van der Waals surface area contributed by atoms with Crippen LogP contribution in [0.4, 0.5) is 0 Å². The molecule has 1 aromatic heterocycles. The molecule has 1 N–H and O–H groups in total. The third kappa shape index (κ3) is 6.30. The molecule has 0 amide bonds. The van der Waals surface area contributed by atoms with Gasteiger partial charge in [0.2, 0.25) is 0 Å². The van der Waals surface area contributed by atoms with Gasteiger partial charge in [0.25, 0.3) is 0 Å². The van der Waals surface area contributed by atoms with Gasteiger partial charge in [-0.2, -0.15) is 0 Å². The molecular weight excluding hydrogens is 593 g/mol. The molecule has 0 bridgehead atoms. The van der Waals surface area contributed by atoms with Crippen molar-refractivity contribution in [1.82, 2.24) is 4.57 Å². The van der Waals surface area contributed by atoms with Gasteiger partial charge in [-0.1, -0.05) is 156 Å². The lowest BCUT2D eigenvalue weighted by molar-refractivity contribution is 0.706. The lowest BCUT2D eigenvalue weighted by Gasteiger charge is -2.35. The number of rotatable bonds is 4. The summed E-state index contributed by atoms with van der Waals surface area (Å²) in [6.07, 6.45) is 9.43. The summed E-state index contributed by atoms with van der Waals surface area (Å²) in [7, 11) is 0. The minimum absolute atomic E-state index is 0.403. The second-order valence-corrected chi connectivity index (χ2v) is 13.0. The molecule has 2 nitrogen and oxygen atoms in total. The molecule has 0 fully saturated rings. The normalized spacial score (nSPS) is 15.5. The van der Waals surface area contributed by atoms with Crippen molar-refractivity contribution in [3.8, 4) is 16.8 Å². The van der Waals surface area contributed by atoms with E-state index in [0.717, 1.165) is 12.8 Å². The van der Waals surface area contributed by atoms with Crippen molar-refractivity contribution in [3.63, 3.8) is 0 Å². The molecule has 9 rings (SSSR count). The zero-order valence-corrected chi connectivity index (χ0v) is 28.3. The van der Waals surface area contributed by atoms with Crippen molar-refractivity contribution in [3.05, 3.63) is 197 Å². The molecule has 0 radical (unpaired) electrons. The Bertz CT molecular complexity index is 2230. The molecule has 0 saturated heterocycles. The Kier molecular flexibility index (Phi) is 9.21. The fraction of sp³-hybridized carbons (Fsp3) is 0.128. The van der Waals surface area contributed by atoms with Crippen molar-refractivity contribution in [2.24, 2.45) is 0 Å². The number of fused-ring (bicyclic) bond motifs is 9. The van der Waals surface area contributed by atoms with E-state index in [1.54, 1.807) is 0 Å². The number of benzene rings is 6. The van der Waals surface area contributed by atoms with Crippen molar-refractivity contribution < 1.29 is 0 Å². The monoisotopic (exact) mass is 634 g/mol. The summed E-state index contributed by atoms with van der Waals surface area (Å²) in [5.41, 5.74) is 14.9. The number of hydrogen-bond donors (Lipinski definition) is 1. The van der Waals surface area contributed by atoms with Gasteiger partial charge >= 0.3 is 0 Å². The number of para-hydroxylation sites is 2. The average molecular weight is 635 g/mol. The molecule has 240 valence electrons. The van der Waals surface area contributed by atoms with Crippen LogP contribution in [0.25, 0.3) is 38.6 Å². The summed E-state index contributed by atoms with van der Waals surface area (Å²) in [5.74, 6) is 0.818. The minimum Gasteiger partial charge on any atom is -0.317 e. The van der Waals surface area contributed by atoms with Gasteiger partial charge in [0.15, 0.2) is 0 Å². The summed E-state index contributed by atoms with van der Waals surface area (Å²) in [4.78, 5) is 0. The minimum atomic E-state index is 0.403. The fourth-order valence-electron chi connectivity index (χ4n) is 7.53. The number of allylic oxidation sites excluding steroid dienone is 4. The molecule has 0 saturated carbocycles. The Labute approximate surface area is 290 Å². The Balaban J connectivity index is 0.000000331. The van der Waals surface area contributed by atoms with Crippen molar-refractivity contribution in [2.75, 3.05) is 0 Å². The summed E-state index contributed by atoms with van der Waals surface area (Å²) in [5, 5.41) is 8.11. The topological polar surface area (TPSA) is 28.8 Å². The van der Waals surface area contributed by atoms with Crippen LogP contribution in [0, 0.1) is 19.3 Å². The quantitative estimate of drug-likeness (QED) is 0.187. The molecule has 1 heterocycles. The predicted molar refractivity (Wildman–Crippen MR) is 209 cm³/mol. The lowest BCUT2D eigenvalue weighted by Crippen LogP contribution is -2.17. The third-order valence-electron chi connectivity index (χ3n) is 9.90. The smallest absolute Gasteiger partial charge is 0.0541 e. The zero-order chi connectivity index (χ0) is 33.7. The molecule has 0 spiro atoms. The largest absolute Gasteiger partial charge is 0.317 e. The van der Waals surface area contributed by atoms with Gasteiger partial charge in [-0.3, -0.25) is 0 Å². The number of nitrogens with one attached hydrogen (secondary N) is 1. The Morgan fingerprint density at radius 3 is 1.69 bits per heavy atom. The molecule has 2 heteroatoms. The molecule has 2 unspecified atom stereocenters. The molecule has 2 atom stereocenters. The number of hydrogen-bond acceptors (Lipinski definition) is 1. The van der Waals surface area contributed by atoms with E-state index in [4.69, 9.17) is 5.41 Å². The van der Waals surface area contributed by atoms with E-state index in [2.05, 4.69) is 189 Å². The van der Waals surface area contributed by atoms with Crippen LogP contribution >= 0.6 is 0 Å². The van der Waals surface area contributed by atoms with Crippen LogP contribution in [0.1, 0.15) is 46.1 Å². The maximum atomic E-state index is 5.50. The van der Waals surface area contributed by atoms with Gasteiger partial charge in [-0.05, 0) is 85.5 Å². The van der Waals surface area contributed by atoms with Gasteiger partial charge in [0, 0.05) is 28.3 Å². The van der Waals surface area contributed by atoms with Crippen LogP contribution in [0.2, 0.25) is 0 Å². The molecule has 6 aromatic carbocycles. The molecule has 0 aliphatic heterocycles. The Morgan fingerprint density at radius 2 is 1.08 bits per heavy atom. The highest BCUT2D eigenvalue weighted by molar-refractivity contribution is 6.09. The first-order chi connectivity index (χ1) is 24.1. The summed E-state index contributed by atoms with van der Waals surface area (Å²) >= 11 is 0. The summed E-state index contributed by atoms with van der Waals surface area (Å²) in [6, 6.07) is 53.0. The van der Waals surface area contributed by atoms with Gasteiger partial charge in [-0.25, -0.2) is 0 Å². The summed E-state index contributed by atoms with van der Waals surface area (Å²) in [6.45, 7) is 6.69. The van der Waals surface area contributed by atoms with Crippen LogP contribution in [0.5, 0.6) is 0 Å².